The van der Waals surface area contributed by atoms with E-state index in [1.165, 1.54) is 12.1 Å². The third-order valence-electron chi connectivity index (χ3n) is 5.01. The van der Waals surface area contributed by atoms with Crippen LogP contribution in [0, 0.1) is 11.7 Å². The van der Waals surface area contributed by atoms with Gasteiger partial charge in [-0.3, -0.25) is 0 Å². The van der Waals surface area contributed by atoms with E-state index in [4.69, 9.17) is 4.74 Å². The Hall–Kier alpha value is -0.970. The first-order valence-electron chi connectivity index (χ1n) is 8.13. The van der Waals surface area contributed by atoms with Crippen molar-refractivity contribution in [3.05, 3.63) is 35.6 Å². The number of methoxy groups -OCH3 is 1. The van der Waals surface area contributed by atoms with Crippen LogP contribution in [0.1, 0.15) is 51.2 Å². The van der Waals surface area contributed by atoms with Crippen molar-refractivity contribution < 1.29 is 14.2 Å². The van der Waals surface area contributed by atoms with Crippen LogP contribution in [0.3, 0.4) is 0 Å². The molecule has 1 aliphatic rings. The van der Waals surface area contributed by atoms with Gasteiger partial charge in [0, 0.05) is 19.2 Å². The van der Waals surface area contributed by atoms with Crippen LogP contribution in [0.4, 0.5) is 4.39 Å². The molecule has 1 saturated carbocycles. The lowest BCUT2D eigenvalue weighted by atomic mass is 9.75. The van der Waals surface area contributed by atoms with Crippen molar-refractivity contribution in [1.82, 2.24) is 5.32 Å². The van der Waals surface area contributed by atoms with Gasteiger partial charge in [-0.05, 0) is 63.1 Å². The zero-order chi connectivity index (χ0) is 16.2. The Labute approximate surface area is 132 Å². The van der Waals surface area contributed by atoms with Crippen LogP contribution in [0.25, 0.3) is 0 Å². The molecule has 22 heavy (non-hydrogen) atoms. The highest BCUT2D eigenvalue weighted by Gasteiger charge is 2.33. The lowest BCUT2D eigenvalue weighted by Gasteiger charge is -2.40. The van der Waals surface area contributed by atoms with E-state index in [0.29, 0.717) is 24.1 Å². The molecule has 0 spiro atoms. The van der Waals surface area contributed by atoms with Crippen molar-refractivity contribution >= 4 is 0 Å². The largest absolute Gasteiger partial charge is 0.387 e. The van der Waals surface area contributed by atoms with Crippen LogP contribution in [0.2, 0.25) is 0 Å². The van der Waals surface area contributed by atoms with Gasteiger partial charge in [-0.2, -0.15) is 0 Å². The summed E-state index contributed by atoms with van der Waals surface area (Å²) in [6, 6.07) is 6.17. The van der Waals surface area contributed by atoms with E-state index in [1.807, 2.05) is 0 Å². The van der Waals surface area contributed by atoms with Crippen molar-refractivity contribution in [1.29, 1.82) is 0 Å². The highest BCUT2D eigenvalue weighted by Crippen LogP contribution is 2.33. The zero-order valence-electron chi connectivity index (χ0n) is 13.8. The maximum atomic E-state index is 13.2. The first-order valence-corrected chi connectivity index (χ1v) is 8.13. The molecule has 3 nitrogen and oxygen atoms in total. The van der Waals surface area contributed by atoms with Gasteiger partial charge < -0.3 is 15.2 Å². The molecule has 0 bridgehead atoms. The minimum absolute atomic E-state index is 0.0486. The predicted octanol–water partition coefficient (Wildman–Crippen LogP) is 3.43. The van der Waals surface area contributed by atoms with E-state index in [1.54, 1.807) is 19.2 Å². The summed E-state index contributed by atoms with van der Waals surface area (Å²) >= 11 is 0. The minimum Gasteiger partial charge on any atom is -0.387 e. The Morgan fingerprint density at radius 1 is 1.32 bits per heavy atom. The Balaban J connectivity index is 1.87. The van der Waals surface area contributed by atoms with E-state index in [0.717, 1.165) is 25.7 Å². The first kappa shape index (κ1) is 17.4. The highest BCUT2D eigenvalue weighted by atomic mass is 19.1. The van der Waals surface area contributed by atoms with E-state index >= 15 is 0 Å². The third kappa shape index (κ3) is 4.51. The number of benzene rings is 1. The van der Waals surface area contributed by atoms with Gasteiger partial charge in [0.1, 0.15) is 5.82 Å². The lowest BCUT2D eigenvalue weighted by Crippen LogP contribution is -2.49. The standard InChI is InChI=1S/C18H28FNO2/c1-18(2,14-7-9-16(22-3)10-8-14)20-12-17(21)13-5-4-6-15(19)11-13/h4-6,11,14,16-17,20-21H,7-10,12H2,1-3H3/t14?,16?,17-/m0/s1. The molecule has 1 atom stereocenters. The van der Waals surface area contributed by atoms with E-state index < -0.39 is 6.10 Å². The average molecular weight is 309 g/mol. The van der Waals surface area contributed by atoms with Crippen LogP contribution in [-0.2, 0) is 4.74 Å². The van der Waals surface area contributed by atoms with Gasteiger partial charge >= 0.3 is 0 Å². The molecule has 1 aromatic rings. The quantitative estimate of drug-likeness (QED) is 0.846. The molecule has 0 unspecified atom stereocenters. The molecule has 0 aromatic heterocycles. The molecule has 1 aliphatic carbocycles. The molecular weight excluding hydrogens is 281 g/mol. The molecular formula is C18H28FNO2. The number of aliphatic hydroxyl groups excluding tert-OH is 1. The summed E-state index contributed by atoms with van der Waals surface area (Å²) in [7, 11) is 1.78. The van der Waals surface area contributed by atoms with Crippen molar-refractivity contribution in [2.45, 2.75) is 57.3 Å². The number of halogens is 1. The van der Waals surface area contributed by atoms with E-state index in [9.17, 15) is 9.50 Å². The molecule has 1 fully saturated rings. The lowest BCUT2D eigenvalue weighted by molar-refractivity contribution is 0.0380. The monoisotopic (exact) mass is 309 g/mol. The number of ether oxygens (including phenoxy) is 1. The van der Waals surface area contributed by atoms with Gasteiger partial charge in [-0.25, -0.2) is 4.39 Å². The second kappa shape index (κ2) is 7.53. The third-order valence-corrected chi connectivity index (χ3v) is 5.01. The van der Waals surface area contributed by atoms with Crippen molar-refractivity contribution in [2.24, 2.45) is 5.92 Å². The van der Waals surface area contributed by atoms with Gasteiger partial charge in [-0.1, -0.05) is 12.1 Å². The smallest absolute Gasteiger partial charge is 0.123 e. The average Bonchev–Trinajstić information content (AvgIpc) is 2.52. The minimum atomic E-state index is -0.690. The SMILES string of the molecule is COC1CCC(C(C)(C)NC[C@H](O)c2cccc(F)c2)CC1. The van der Waals surface area contributed by atoms with Gasteiger partial charge in [0.25, 0.3) is 0 Å². The number of rotatable bonds is 6. The fourth-order valence-electron chi connectivity index (χ4n) is 3.36. The predicted molar refractivity (Wildman–Crippen MR) is 86.2 cm³/mol. The summed E-state index contributed by atoms with van der Waals surface area (Å²) in [4.78, 5) is 0. The second-order valence-electron chi connectivity index (χ2n) is 6.88. The van der Waals surface area contributed by atoms with Gasteiger partial charge in [-0.15, -0.1) is 0 Å². The number of hydrogen-bond acceptors (Lipinski definition) is 3. The maximum Gasteiger partial charge on any atom is 0.123 e. The highest BCUT2D eigenvalue weighted by molar-refractivity contribution is 5.19. The van der Waals surface area contributed by atoms with Crippen LogP contribution >= 0.6 is 0 Å². The summed E-state index contributed by atoms with van der Waals surface area (Å²) in [5.41, 5.74) is 0.568. The molecule has 0 amide bonds. The molecule has 1 aromatic carbocycles. The van der Waals surface area contributed by atoms with Gasteiger partial charge in [0.05, 0.1) is 12.2 Å². The summed E-state index contributed by atoms with van der Waals surface area (Å²) in [6.45, 7) is 4.80. The molecule has 0 heterocycles. The van der Waals surface area contributed by atoms with Crippen molar-refractivity contribution in [3.63, 3.8) is 0 Å². The molecule has 2 rings (SSSR count). The van der Waals surface area contributed by atoms with Crippen LogP contribution < -0.4 is 5.32 Å². The van der Waals surface area contributed by atoms with E-state index in [-0.39, 0.29) is 11.4 Å². The Morgan fingerprint density at radius 2 is 2.00 bits per heavy atom. The van der Waals surface area contributed by atoms with Gasteiger partial charge in [0.2, 0.25) is 0 Å². The van der Waals surface area contributed by atoms with Crippen LogP contribution in [0.15, 0.2) is 24.3 Å². The molecule has 124 valence electrons. The Kier molecular flexibility index (Phi) is 5.95. The molecule has 2 N–H and O–H groups in total. The second-order valence-corrected chi connectivity index (χ2v) is 6.88. The topological polar surface area (TPSA) is 41.5 Å². The fraction of sp³-hybridized carbons (Fsp3) is 0.667. The summed E-state index contributed by atoms with van der Waals surface area (Å²) < 4.78 is 18.6. The molecule has 4 heteroatoms. The van der Waals surface area contributed by atoms with Gasteiger partial charge in [0.15, 0.2) is 0 Å². The normalized spacial score (nSPS) is 24.2. The fourth-order valence-corrected chi connectivity index (χ4v) is 3.36. The molecule has 0 radical (unpaired) electrons. The number of nitrogens with one attached hydrogen (secondary N) is 1. The van der Waals surface area contributed by atoms with Crippen molar-refractivity contribution in [3.8, 4) is 0 Å². The number of hydrogen-bond donors (Lipinski definition) is 2. The van der Waals surface area contributed by atoms with Crippen molar-refractivity contribution in [2.75, 3.05) is 13.7 Å². The summed E-state index contributed by atoms with van der Waals surface area (Å²) in [5.74, 6) is 0.257. The van der Waals surface area contributed by atoms with E-state index in [2.05, 4.69) is 19.2 Å². The number of aliphatic hydroxyl groups is 1. The number of β-amino-alcohol motifs (C(OH)–C–C–N with tert-alkyl or cyclic N) is 1. The Morgan fingerprint density at radius 3 is 2.59 bits per heavy atom. The maximum absolute atomic E-state index is 13.2. The molecule has 0 aliphatic heterocycles. The Bertz CT molecular complexity index is 470. The molecule has 0 saturated heterocycles. The summed E-state index contributed by atoms with van der Waals surface area (Å²) in [6.07, 6.45) is 4.16. The zero-order valence-corrected chi connectivity index (χ0v) is 13.8. The van der Waals surface area contributed by atoms with Crippen LogP contribution in [-0.4, -0.2) is 30.4 Å². The first-order chi connectivity index (χ1) is 10.4. The summed E-state index contributed by atoms with van der Waals surface area (Å²) in [5, 5.41) is 13.7. The van der Waals surface area contributed by atoms with Crippen LogP contribution in [0.5, 0.6) is 0 Å².